The number of nitrogens with one attached hydrogen (secondary N) is 2. The summed E-state index contributed by atoms with van der Waals surface area (Å²) in [5.41, 5.74) is 5.57. The highest BCUT2D eigenvalue weighted by Gasteiger charge is 2.06. The molecule has 4 heteroatoms. The summed E-state index contributed by atoms with van der Waals surface area (Å²) in [6, 6.07) is 0.148. The Balaban J connectivity index is 3.53. The molecule has 0 aromatic rings. The fourth-order valence-electron chi connectivity index (χ4n) is 0.940. The van der Waals surface area contributed by atoms with Gasteiger partial charge in [0.2, 0.25) is 0 Å². The van der Waals surface area contributed by atoms with Gasteiger partial charge in [0.1, 0.15) is 6.23 Å². The van der Waals surface area contributed by atoms with Gasteiger partial charge in [-0.1, -0.05) is 6.92 Å². The van der Waals surface area contributed by atoms with Crippen LogP contribution in [0.5, 0.6) is 0 Å². The highest BCUT2D eigenvalue weighted by Crippen LogP contribution is 1.87. The van der Waals surface area contributed by atoms with E-state index >= 15 is 0 Å². The van der Waals surface area contributed by atoms with Gasteiger partial charge in [-0.05, 0) is 20.3 Å². The standard InChI is InChI=1S/C8H21N3O/c1-4-8(11-7(3)12)10-5-6(2)9/h6-8,10-12H,4-5,9H2,1-3H3. The maximum atomic E-state index is 9.04. The van der Waals surface area contributed by atoms with Crippen molar-refractivity contribution in [2.45, 2.75) is 45.6 Å². The van der Waals surface area contributed by atoms with Gasteiger partial charge in [-0.3, -0.25) is 5.32 Å². The second-order valence-corrected chi connectivity index (χ2v) is 3.19. The lowest BCUT2D eigenvalue weighted by atomic mass is 10.3. The van der Waals surface area contributed by atoms with Crippen LogP contribution in [0, 0.1) is 0 Å². The lowest BCUT2D eigenvalue weighted by Gasteiger charge is -2.21. The van der Waals surface area contributed by atoms with Gasteiger partial charge in [0.25, 0.3) is 0 Å². The molecule has 0 aliphatic heterocycles. The predicted molar refractivity (Wildman–Crippen MR) is 50.5 cm³/mol. The summed E-state index contributed by atoms with van der Waals surface area (Å²) in [5.74, 6) is 0. The first-order chi connectivity index (χ1) is 5.56. The molecule has 0 radical (unpaired) electrons. The minimum Gasteiger partial charge on any atom is -0.379 e. The zero-order chi connectivity index (χ0) is 9.56. The average Bonchev–Trinajstić information content (AvgIpc) is 1.97. The summed E-state index contributed by atoms with van der Waals surface area (Å²) in [7, 11) is 0. The number of hydrogen-bond acceptors (Lipinski definition) is 4. The molecule has 0 fully saturated rings. The normalized spacial score (nSPS) is 18.8. The topological polar surface area (TPSA) is 70.3 Å². The fourth-order valence-corrected chi connectivity index (χ4v) is 0.940. The van der Waals surface area contributed by atoms with Gasteiger partial charge in [0, 0.05) is 12.6 Å². The van der Waals surface area contributed by atoms with Crippen LogP contribution in [0.1, 0.15) is 27.2 Å². The van der Waals surface area contributed by atoms with E-state index in [4.69, 9.17) is 10.8 Å². The zero-order valence-electron chi connectivity index (χ0n) is 8.17. The molecule has 3 unspecified atom stereocenters. The van der Waals surface area contributed by atoms with Crippen molar-refractivity contribution in [1.82, 2.24) is 10.6 Å². The molecule has 0 aliphatic carbocycles. The first-order valence-corrected chi connectivity index (χ1v) is 4.49. The molecular formula is C8H21N3O. The quantitative estimate of drug-likeness (QED) is 0.414. The van der Waals surface area contributed by atoms with Crippen molar-refractivity contribution in [2.75, 3.05) is 6.54 Å². The molecule has 0 heterocycles. The lowest BCUT2D eigenvalue weighted by molar-refractivity contribution is 0.131. The Hall–Kier alpha value is -0.160. The van der Waals surface area contributed by atoms with E-state index in [1.54, 1.807) is 6.92 Å². The van der Waals surface area contributed by atoms with Gasteiger partial charge in [-0.15, -0.1) is 0 Å². The number of aliphatic hydroxyl groups is 1. The van der Waals surface area contributed by atoms with Gasteiger partial charge in [-0.25, -0.2) is 0 Å². The third-order valence-electron chi connectivity index (χ3n) is 1.54. The van der Waals surface area contributed by atoms with Gasteiger partial charge in [0.15, 0.2) is 0 Å². The van der Waals surface area contributed by atoms with Gasteiger partial charge >= 0.3 is 0 Å². The zero-order valence-corrected chi connectivity index (χ0v) is 8.17. The SMILES string of the molecule is CCC(NCC(C)N)NC(C)O. The minimum absolute atomic E-state index is 0.148. The van der Waals surface area contributed by atoms with Crippen LogP contribution in [0.25, 0.3) is 0 Å². The molecule has 5 N–H and O–H groups in total. The van der Waals surface area contributed by atoms with Crippen LogP contribution in [0.2, 0.25) is 0 Å². The van der Waals surface area contributed by atoms with Gasteiger partial charge in [0.05, 0.1) is 6.17 Å². The molecule has 0 spiro atoms. The molecule has 3 atom stereocenters. The van der Waals surface area contributed by atoms with E-state index in [0.717, 1.165) is 13.0 Å². The number of rotatable bonds is 6. The van der Waals surface area contributed by atoms with E-state index in [2.05, 4.69) is 10.6 Å². The molecule has 4 nitrogen and oxygen atoms in total. The van der Waals surface area contributed by atoms with Crippen LogP contribution < -0.4 is 16.4 Å². The van der Waals surface area contributed by atoms with E-state index < -0.39 is 6.23 Å². The van der Waals surface area contributed by atoms with Crippen LogP contribution in [-0.2, 0) is 0 Å². The maximum Gasteiger partial charge on any atom is 0.103 e. The summed E-state index contributed by atoms with van der Waals surface area (Å²) >= 11 is 0. The Morgan fingerprint density at radius 1 is 1.42 bits per heavy atom. The Bertz CT molecular complexity index is 106. The summed E-state index contributed by atoms with van der Waals surface area (Å²) in [4.78, 5) is 0. The number of aliphatic hydroxyl groups excluding tert-OH is 1. The molecule has 0 rings (SSSR count). The molecule has 0 saturated carbocycles. The number of nitrogens with two attached hydrogens (primary N) is 1. The highest BCUT2D eigenvalue weighted by atomic mass is 16.3. The number of hydrogen-bond donors (Lipinski definition) is 4. The predicted octanol–water partition coefficient (Wildman–Crippen LogP) is -0.413. The van der Waals surface area contributed by atoms with Crippen molar-refractivity contribution in [2.24, 2.45) is 5.73 Å². The van der Waals surface area contributed by atoms with Crippen molar-refractivity contribution < 1.29 is 5.11 Å². The molecule has 0 aliphatic rings. The Labute approximate surface area is 74.5 Å². The van der Waals surface area contributed by atoms with E-state index in [-0.39, 0.29) is 12.2 Å². The molecule has 0 amide bonds. The van der Waals surface area contributed by atoms with Gasteiger partial charge < -0.3 is 16.2 Å². The third-order valence-corrected chi connectivity index (χ3v) is 1.54. The Kier molecular flexibility index (Phi) is 6.28. The second kappa shape index (κ2) is 6.37. The van der Waals surface area contributed by atoms with Crippen molar-refractivity contribution >= 4 is 0 Å². The monoisotopic (exact) mass is 175 g/mol. The van der Waals surface area contributed by atoms with Crippen LogP contribution in [0.15, 0.2) is 0 Å². The van der Waals surface area contributed by atoms with Crippen molar-refractivity contribution in [3.05, 3.63) is 0 Å². The molecule has 0 bridgehead atoms. The van der Waals surface area contributed by atoms with E-state index in [0.29, 0.717) is 0 Å². The van der Waals surface area contributed by atoms with Crippen molar-refractivity contribution in [1.29, 1.82) is 0 Å². The summed E-state index contributed by atoms with van der Waals surface area (Å²) < 4.78 is 0. The fraction of sp³-hybridized carbons (Fsp3) is 1.00. The van der Waals surface area contributed by atoms with Crippen LogP contribution in [-0.4, -0.2) is 30.1 Å². The van der Waals surface area contributed by atoms with Gasteiger partial charge in [-0.2, -0.15) is 0 Å². The molecule has 0 aromatic heterocycles. The maximum absolute atomic E-state index is 9.04. The largest absolute Gasteiger partial charge is 0.379 e. The molecule has 12 heavy (non-hydrogen) atoms. The molecule has 0 aromatic carbocycles. The van der Waals surface area contributed by atoms with E-state index in [1.165, 1.54) is 0 Å². The average molecular weight is 175 g/mol. The second-order valence-electron chi connectivity index (χ2n) is 3.19. The third kappa shape index (κ3) is 6.54. The van der Waals surface area contributed by atoms with Crippen LogP contribution >= 0.6 is 0 Å². The van der Waals surface area contributed by atoms with E-state index in [1.807, 2.05) is 13.8 Å². The summed E-state index contributed by atoms with van der Waals surface area (Å²) in [6.07, 6.45) is 0.601. The minimum atomic E-state index is -0.476. The molecular weight excluding hydrogens is 154 g/mol. The molecule has 74 valence electrons. The summed E-state index contributed by atoms with van der Waals surface area (Å²) in [6.45, 7) is 6.46. The van der Waals surface area contributed by atoms with Crippen LogP contribution in [0.3, 0.4) is 0 Å². The highest BCUT2D eigenvalue weighted by molar-refractivity contribution is 4.66. The first kappa shape index (κ1) is 11.8. The van der Waals surface area contributed by atoms with E-state index in [9.17, 15) is 0 Å². The Morgan fingerprint density at radius 2 is 2.00 bits per heavy atom. The lowest BCUT2D eigenvalue weighted by Crippen LogP contribution is -2.49. The molecule has 0 saturated heterocycles. The van der Waals surface area contributed by atoms with Crippen LogP contribution in [0.4, 0.5) is 0 Å². The first-order valence-electron chi connectivity index (χ1n) is 4.49. The van der Waals surface area contributed by atoms with Crippen molar-refractivity contribution in [3.63, 3.8) is 0 Å². The van der Waals surface area contributed by atoms with Crippen molar-refractivity contribution in [3.8, 4) is 0 Å². The smallest absolute Gasteiger partial charge is 0.103 e. The Morgan fingerprint density at radius 3 is 2.33 bits per heavy atom. The summed E-state index contributed by atoms with van der Waals surface area (Å²) in [5, 5.41) is 15.2.